The first kappa shape index (κ1) is 78.9. The molecule has 0 fully saturated rings. The third kappa shape index (κ3) is 76.9. The molecule has 0 aliphatic carbocycles. The highest BCUT2D eigenvalue weighted by Crippen LogP contribution is 1.91. The van der Waals surface area contributed by atoms with Crippen molar-refractivity contribution in [2.24, 2.45) is 5.73 Å². The minimum Gasteiger partial charge on any atom is -0.382 e. The van der Waals surface area contributed by atoms with E-state index in [4.69, 9.17) is 129 Å². The van der Waals surface area contributed by atoms with Gasteiger partial charge in [-0.3, -0.25) is 0 Å². The highest BCUT2D eigenvalue weighted by atomic mass is 16.6. The monoisotopic (exact) mass is 1180 g/mol. The summed E-state index contributed by atoms with van der Waals surface area (Å²) in [6, 6.07) is 0. The number of hydrogen-bond donors (Lipinski definition) is 1. The average molecular weight is 1180 g/mol. The van der Waals surface area contributed by atoms with Crippen LogP contribution in [0.1, 0.15) is 0 Å². The van der Waals surface area contributed by atoms with Crippen LogP contribution in [0.15, 0.2) is 0 Å². The Bertz CT molecular complexity index is 982. The number of methoxy groups -OCH3 is 1. The Morgan fingerprint density at radius 1 is 0.125 bits per heavy atom. The molecule has 0 aliphatic heterocycles. The molecule has 0 aromatic heterocycles. The van der Waals surface area contributed by atoms with E-state index in [-0.39, 0.29) is 0 Å². The first-order valence-corrected chi connectivity index (χ1v) is 28.5. The van der Waals surface area contributed by atoms with Crippen LogP contribution in [0.2, 0.25) is 0 Å². The summed E-state index contributed by atoms with van der Waals surface area (Å²) in [5.74, 6) is 0. The summed E-state index contributed by atoms with van der Waals surface area (Å²) in [7, 11) is 1.64. The van der Waals surface area contributed by atoms with E-state index < -0.39 is 0 Å². The van der Waals surface area contributed by atoms with Crippen molar-refractivity contribution in [3.05, 3.63) is 0 Å². The number of rotatable bonds is 77. The molecule has 0 rings (SSSR count). The zero-order chi connectivity index (χ0) is 57.2. The molecule has 27 nitrogen and oxygen atoms in total. The first-order valence-electron chi connectivity index (χ1n) is 28.5. The average Bonchev–Trinajstić information content (AvgIpc) is 3.47. The zero-order valence-electron chi connectivity index (χ0n) is 49.0. The summed E-state index contributed by atoms with van der Waals surface area (Å²) in [5, 5.41) is 0. The smallest absolute Gasteiger partial charge is 0.0701 e. The van der Waals surface area contributed by atoms with Crippen LogP contribution in [-0.2, 0) is 123 Å². The maximum atomic E-state index is 5.53. The Morgan fingerprint density at radius 3 is 0.275 bits per heavy atom. The van der Waals surface area contributed by atoms with Crippen molar-refractivity contribution in [1.82, 2.24) is 0 Å². The number of hydrogen-bond acceptors (Lipinski definition) is 27. The molecule has 27 heteroatoms. The largest absolute Gasteiger partial charge is 0.382 e. The van der Waals surface area contributed by atoms with Crippen molar-refractivity contribution in [2.75, 3.05) is 351 Å². The molecule has 0 aromatic rings. The van der Waals surface area contributed by atoms with E-state index in [9.17, 15) is 0 Å². The van der Waals surface area contributed by atoms with Gasteiger partial charge in [-0.25, -0.2) is 0 Å². The predicted molar refractivity (Wildman–Crippen MR) is 291 cm³/mol. The third-order valence-electron chi connectivity index (χ3n) is 9.62. The van der Waals surface area contributed by atoms with Gasteiger partial charge in [-0.1, -0.05) is 0 Å². The molecule has 0 unspecified atom stereocenters. The van der Waals surface area contributed by atoms with E-state index >= 15 is 0 Å². The normalized spacial score (nSPS) is 11.8. The Hall–Kier alpha value is -1.08. The van der Waals surface area contributed by atoms with Crippen LogP contribution in [0.3, 0.4) is 0 Å². The van der Waals surface area contributed by atoms with Crippen molar-refractivity contribution in [2.45, 2.75) is 0 Å². The molecule has 0 bridgehead atoms. The van der Waals surface area contributed by atoms with Crippen LogP contribution in [-0.4, -0.2) is 351 Å². The fourth-order valence-corrected chi connectivity index (χ4v) is 5.61. The van der Waals surface area contributed by atoms with E-state index in [0.717, 1.165) is 0 Å². The molecular weight excluding hydrogens is 1070 g/mol. The number of ether oxygens (including phenoxy) is 26. The fourth-order valence-electron chi connectivity index (χ4n) is 5.61. The summed E-state index contributed by atoms with van der Waals surface area (Å²) in [6.07, 6.45) is 0. The quantitative estimate of drug-likeness (QED) is 0.0786. The maximum Gasteiger partial charge on any atom is 0.0701 e. The van der Waals surface area contributed by atoms with E-state index in [1.807, 2.05) is 0 Å². The topological polar surface area (TPSA) is 266 Å². The second-order valence-corrected chi connectivity index (χ2v) is 16.1. The van der Waals surface area contributed by atoms with Crippen LogP contribution < -0.4 is 5.73 Å². The van der Waals surface area contributed by atoms with Gasteiger partial charge in [0, 0.05) is 13.7 Å². The molecule has 0 saturated carbocycles. The van der Waals surface area contributed by atoms with Gasteiger partial charge in [0.05, 0.1) is 337 Å². The second-order valence-electron chi connectivity index (χ2n) is 16.1. The van der Waals surface area contributed by atoms with Crippen molar-refractivity contribution in [3.63, 3.8) is 0 Å². The van der Waals surface area contributed by atoms with Crippen LogP contribution >= 0.6 is 0 Å². The SMILES string of the molecule is COCCOCCOCCOCCOCCOCCOCCOCCOCCOCCOCCOCCOCCOCCOCCOCCOCCOCCOCCOCCOCCOCCOCCOCCOCCOCCN. The van der Waals surface area contributed by atoms with Crippen molar-refractivity contribution >= 4 is 0 Å². The second kappa shape index (κ2) is 77.9. The van der Waals surface area contributed by atoms with Gasteiger partial charge in [0.15, 0.2) is 0 Å². The molecule has 0 atom stereocenters. The van der Waals surface area contributed by atoms with Gasteiger partial charge in [-0.15, -0.1) is 0 Å². The third-order valence-corrected chi connectivity index (χ3v) is 9.62. The molecule has 482 valence electrons. The summed E-state index contributed by atoms with van der Waals surface area (Å²) >= 11 is 0. The van der Waals surface area contributed by atoms with Crippen molar-refractivity contribution < 1.29 is 123 Å². The van der Waals surface area contributed by atoms with Gasteiger partial charge in [0.25, 0.3) is 0 Å². The van der Waals surface area contributed by atoms with E-state index in [1.165, 1.54) is 0 Å². The molecule has 0 spiro atoms. The van der Waals surface area contributed by atoms with Crippen LogP contribution in [0.25, 0.3) is 0 Å². The number of nitrogens with two attached hydrogens (primary N) is 1. The highest BCUT2D eigenvalue weighted by molar-refractivity contribution is 4.43. The van der Waals surface area contributed by atoms with Gasteiger partial charge in [0.1, 0.15) is 0 Å². The lowest BCUT2D eigenvalue weighted by molar-refractivity contribution is -0.0321. The summed E-state index contributed by atoms with van der Waals surface area (Å²) in [4.78, 5) is 0. The van der Waals surface area contributed by atoms with Gasteiger partial charge in [-0.05, 0) is 0 Å². The Morgan fingerprint density at radius 2 is 0.200 bits per heavy atom. The van der Waals surface area contributed by atoms with Crippen LogP contribution in [0, 0.1) is 0 Å². The predicted octanol–water partition coefficient (Wildman–Crippen LogP) is 0.00650. The lowest BCUT2D eigenvalue weighted by Gasteiger charge is -2.09. The van der Waals surface area contributed by atoms with E-state index in [0.29, 0.717) is 343 Å². The van der Waals surface area contributed by atoms with Crippen LogP contribution in [0.4, 0.5) is 0 Å². The molecule has 0 aromatic carbocycles. The molecule has 0 saturated heterocycles. The van der Waals surface area contributed by atoms with Gasteiger partial charge < -0.3 is 129 Å². The molecule has 0 amide bonds. The molecule has 0 radical (unpaired) electrons. The summed E-state index contributed by atoms with van der Waals surface area (Å²) in [5.41, 5.74) is 5.35. The van der Waals surface area contributed by atoms with E-state index in [2.05, 4.69) is 0 Å². The molecule has 80 heavy (non-hydrogen) atoms. The van der Waals surface area contributed by atoms with Crippen molar-refractivity contribution in [3.8, 4) is 0 Å². The van der Waals surface area contributed by atoms with Crippen molar-refractivity contribution in [1.29, 1.82) is 0 Å². The minimum absolute atomic E-state index is 0.485. The minimum atomic E-state index is 0.485. The lowest BCUT2D eigenvalue weighted by atomic mass is 10.6. The molecule has 0 aliphatic rings. The zero-order valence-corrected chi connectivity index (χ0v) is 49.0. The lowest BCUT2D eigenvalue weighted by Crippen LogP contribution is -2.16. The van der Waals surface area contributed by atoms with Gasteiger partial charge >= 0.3 is 0 Å². The highest BCUT2D eigenvalue weighted by Gasteiger charge is 2.01. The molecule has 0 heterocycles. The van der Waals surface area contributed by atoms with Gasteiger partial charge in [0.2, 0.25) is 0 Å². The Labute approximate surface area is 478 Å². The molecular formula is C53H109NO26. The fraction of sp³-hybridized carbons (Fsp3) is 1.00. The molecule has 2 N–H and O–H groups in total. The Balaban J connectivity index is 3.08. The van der Waals surface area contributed by atoms with Crippen LogP contribution in [0.5, 0.6) is 0 Å². The van der Waals surface area contributed by atoms with E-state index in [1.54, 1.807) is 7.11 Å². The van der Waals surface area contributed by atoms with Gasteiger partial charge in [-0.2, -0.15) is 0 Å². The summed E-state index contributed by atoms with van der Waals surface area (Å²) < 4.78 is 142. The summed E-state index contributed by atoms with van der Waals surface area (Å²) in [6.45, 7) is 26.2. The maximum absolute atomic E-state index is 5.53. The standard InChI is InChI=1S/C53H109NO26/c1-55-4-5-57-8-9-59-12-13-61-16-17-63-20-21-65-24-25-67-28-29-69-32-33-71-36-37-73-40-41-75-44-45-77-48-49-79-52-53-80-51-50-78-47-46-76-43-42-74-39-38-72-35-34-70-31-30-68-27-26-66-23-22-64-19-18-62-15-14-60-11-10-58-7-6-56-3-2-54/h2-54H2,1H3. The Kier molecular flexibility index (Phi) is 76.9. The first-order chi connectivity index (χ1) is 39.9.